The molecule has 0 aliphatic carbocycles. The van der Waals surface area contributed by atoms with E-state index in [4.69, 9.17) is 5.11 Å². The van der Waals surface area contributed by atoms with Crippen molar-refractivity contribution in [1.29, 1.82) is 0 Å². The van der Waals surface area contributed by atoms with Crippen LogP contribution in [0, 0.1) is 0 Å². The number of carboxylic acids is 1. The number of carbonyl (C=O) groups is 1. The molecule has 1 heterocycles. The van der Waals surface area contributed by atoms with Crippen molar-refractivity contribution in [3.8, 4) is 10.4 Å². The predicted molar refractivity (Wildman–Crippen MR) is 78.7 cm³/mol. The minimum Gasteiger partial charge on any atom is -0.480 e. The maximum Gasteiger partial charge on any atom is 0.416 e. The van der Waals surface area contributed by atoms with E-state index in [0.29, 0.717) is 12.1 Å². The summed E-state index contributed by atoms with van der Waals surface area (Å²) in [5.74, 6) is -0.901. The Morgan fingerprint density at radius 2 is 1.82 bits per heavy atom. The first-order chi connectivity index (χ1) is 10.3. The number of carboxylic acid groups (broad SMARTS) is 1. The summed E-state index contributed by atoms with van der Waals surface area (Å²) in [5.41, 5.74) is 0.0411. The van der Waals surface area contributed by atoms with Crippen LogP contribution in [0.1, 0.15) is 10.4 Å². The third-order valence-electron chi connectivity index (χ3n) is 2.99. The molecule has 118 valence electrons. The zero-order chi connectivity index (χ0) is 16.3. The van der Waals surface area contributed by atoms with Crippen molar-refractivity contribution < 1.29 is 23.1 Å². The van der Waals surface area contributed by atoms with Gasteiger partial charge in [0.25, 0.3) is 0 Å². The summed E-state index contributed by atoms with van der Waals surface area (Å²) in [7, 11) is 1.70. The van der Waals surface area contributed by atoms with Crippen LogP contribution in [-0.2, 0) is 17.5 Å². The molecule has 0 unspecified atom stereocenters. The van der Waals surface area contributed by atoms with E-state index in [1.165, 1.54) is 23.5 Å². The van der Waals surface area contributed by atoms with Gasteiger partial charge in [-0.05, 0) is 36.9 Å². The van der Waals surface area contributed by atoms with Gasteiger partial charge in [-0.15, -0.1) is 11.3 Å². The van der Waals surface area contributed by atoms with Gasteiger partial charge in [-0.25, -0.2) is 0 Å². The van der Waals surface area contributed by atoms with Crippen molar-refractivity contribution in [3.63, 3.8) is 0 Å². The number of nitrogens with zero attached hydrogens (tertiary/aromatic N) is 1. The molecule has 1 N–H and O–H groups in total. The average molecular weight is 329 g/mol. The van der Waals surface area contributed by atoms with Crippen LogP contribution in [0.5, 0.6) is 0 Å². The van der Waals surface area contributed by atoms with Crippen LogP contribution in [0.3, 0.4) is 0 Å². The molecule has 22 heavy (non-hydrogen) atoms. The molecule has 1 aromatic heterocycles. The molecule has 0 spiro atoms. The molecule has 0 atom stereocenters. The molecular formula is C15H14F3NO2S. The van der Waals surface area contributed by atoms with Crippen LogP contribution >= 0.6 is 11.3 Å². The number of thiophene rings is 1. The molecule has 0 aliphatic rings. The van der Waals surface area contributed by atoms with E-state index in [1.807, 2.05) is 12.1 Å². The van der Waals surface area contributed by atoms with E-state index in [0.717, 1.165) is 21.9 Å². The van der Waals surface area contributed by atoms with Crippen molar-refractivity contribution >= 4 is 17.3 Å². The Labute approximate surface area is 129 Å². The molecule has 0 amide bonds. The first kappa shape index (κ1) is 16.5. The Hall–Kier alpha value is -1.86. The van der Waals surface area contributed by atoms with Gasteiger partial charge in [0, 0.05) is 16.3 Å². The van der Waals surface area contributed by atoms with E-state index in [2.05, 4.69) is 0 Å². The van der Waals surface area contributed by atoms with Gasteiger partial charge in [0.2, 0.25) is 0 Å². The molecule has 2 rings (SSSR count). The zero-order valence-corrected chi connectivity index (χ0v) is 12.5. The number of aliphatic carboxylic acids is 1. The maximum atomic E-state index is 12.5. The fourth-order valence-corrected chi connectivity index (χ4v) is 3.09. The number of hydrogen-bond acceptors (Lipinski definition) is 3. The van der Waals surface area contributed by atoms with Gasteiger partial charge in [0.15, 0.2) is 0 Å². The Kier molecular flexibility index (Phi) is 4.87. The Balaban J connectivity index is 2.09. The van der Waals surface area contributed by atoms with Crippen molar-refractivity contribution in [2.45, 2.75) is 12.7 Å². The van der Waals surface area contributed by atoms with Crippen LogP contribution in [0.2, 0.25) is 0 Å². The smallest absolute Gasteiger partial charge is 0.416 e. The second kappa shape index (κ2) is 6.50. The summed E-state index contributed by atoms with van der Waals surface area (Å²) < 4.78 is 37.6. The summed E-state index contributed by atoms with van der Waals surface area (Å²) in [6.07, 6.45) is -4.33. The molecule has 7 heteroatoms. The quantitative estimate of drug-likeness (QED) is 0.903. The molecule has 0 saturated carbocycles. The molecule has 1 aromatic carbocycles. The predicted octanol–water partition coefficient (Wildman–Crippen LogP) is 3.95. The van der Waals surface area contributed by atoms with Crippen molar-refractivity contribution in [2.75, 3.05) is 13.6 Å². The number of hydrogen-bond donors (Lipinski definition) is 1. The Bertz CT molecular complexity index is 650. The number of likely N-dealkylation sites (N-methyl/N-ethyl adjacent to an activating group) is 1. The fourth-order valence-electron chi connectivity index (χ4n) is 1.99. The maximum absolute atomic E-state index is 12.5. The number of halogens is 3. The van der Waals surface area contributed by atoms with Crippen molar-refractivity contribution in [2.24, 2.45) is 0 Å². The molecule has 0 fully saturated rings. The van der Waals surface area contributed by atoms with E-state index in [-0.39, 0.29) is 6.54 Å². The fraction of sp³-hybridized carbons (Fsp3) is 0.267. The van der Waals surface area contributed by atoms with Gasteiger partial charge in [-0.1, -0.05) is 12.1 Å². The molecule has 2 aromatic rings. The lowest BCUT2D eigenvalue weighted by Crippen LogP contribution is -2.24. The SMILES string of the molecule is CN(CC(=O)O)Cc1ccc(-c2ccc(C(F)(F)F)cc2)s1. The van der Waals surface area contributed by atoms with E-state index in [1.54, 1.807) is 11.9 Å². The standard InChI is InChI=1S/C15H14F3NO2S/c1-19(9-14(20)21)8-12-6-7-13(22-12)10-2-4-11(5-3-10)15(16,17)18/h2-7H,8-9H2,1H3,(H,20,21). The molecule has 0 bridgehead atoms. The van der Waals surface area contributed by atoms with Gasteiger partial charge in [-0.3, -0.25) is 9.69 Å². The second-order valence-electron chi connectivity index (χ2n) is 4.91. The van der Waals surface area contributed by atoms with Crippen LogP contribution < -0.4 is 0 Å². The lowest BCUT2D eigenvalue weighted by Gasteiger charge is -2.11. The lowest BCUT2D eigenvalue weighted by molar-refractivity contribution is -0.138. The third kappa shape index (κ3) is 4.32. The largest absolute Gasteiger partial charge is 0.480 e. The first-order valence-corrected chi connectivity index (χ1v) is 7.24. The van der Waals surface area contributed by atoms with E-state index < -0.39 is 17.7 Å². The van der Waals surface area contributed by atoms with E-state index in [9.17, 15) is 18.0 Å². The number of alkyl halides is 3. The van der Waals surface area contributed by atoms with Gasteiger partial charge >= 0.3 is 12.1 Å². The molecule has 0 radical (unpaired) electrons. The summed E-state index contributed by atoms with van der Waals surface area (Å²) >= 11 is 1.44. The number of rotatable bonds is 5. The van der Waals surface area contributed by atoms with Crippen molar-refractivity contribution in [1.82, 2.24) is 4.90 Å². The normalized spacial score (nSPS) is 11.9. The zero-order valence-electron chi connectivity index (χ0n) is 11.7. The van der Waals surface area contributed by atoms with Crippen LogP contribution in [0.15, 0.2) is 36.4 Å². The van der Waals surface area contributed by atoms with Gasteiger partial charge in [-0.2, -0.15) is 13.2 Å². The molecule has 3 nitrogen and oxygen atoms in total. The highest BCUT2D eigenvalue weighted by Gasteiger charge is 2.30. The van der Waals surface area contributed by atoms with Gasteiger partial charge in [0.05, 0.1) is 12.1 Å². The van der Waals surface area contributed by atoms with Gasteiger partial charge < -0.3 is 5.11 Å². The lowest BCUT2D eigenvalue weighted by atomic mass is 10.1. The first-order valence-electron chi connectivity index (χ1n) is 6.42. The second-order valence-corrected chi connectivity index (χ2v) is 6.08. The molecule has 0 saturated heterocycles. The summed E-state index contributed by atoms with van der Waals surface area (Å²) in [6.45, 7) is 0.422. The average Bonchev–Trinajstić information content (AvgIpc) is 2.85. The monoisotopic (exact) mass is 329 g/mol. The minimum absolute atomic E-state index is 0.0620. The topological polar surface area (TPSA) is 40.5 Å². The van der Waals surface area contributed by atoms with Crippen molar-refractivity contribution in [3.05, 3.63) is 46.8 Å². The minimum atomic E-state index is -4.33. The van der Waals surface area contributed by atoms with E-state index >= 15 is 0 Å². The van der Waals surface area contributed by atoms with Crippen LogP contribution in [-0.4, -0.2) is 29.6 Å². The highest BCUT2D eigenvalue weighted by Crippen LogP contribution is 2.33. The Morgan fingerprint density at radius 3 is 2.36 bits per heavy atom. The highest BCUT2D eigenvalue weighted by molar-refractivity contribution is 7.15. The number of benzene rings is 1. The summed E-state index contributed by atoms with van der Waals surface area (Å²) in [6, 6.07) is 8.70. The van der Waals surface area contributed by atoms with Gasteiger partial charge in [0.1, 0.15) is 0 Å². The molecule has 0 aliphatic heterocycles. The Morgan fingerprint density at radius 1 is 1.18 bits per heavy atom. The highest BCUT2D eigenvalue weighted by atomic mass is 32.1. The molecular weight excluding hydrogens is 315 g/mol. The van der Waals surface area contributed by atoms with Crippen LogP contribution in [0.4, 0.5) is 13.2 Å². The third-order valence-corrected chi connectivity index (χ3v) is 4.11. The summed E-state index contributed by atoms with van der Waals surface area (Å²) in [4.78, 5) is 14.1. The summed E-state index contributed by atoms with van der Waals surface area (Å²) in [5, 5.41) is 8.71. The van der Waals surface area contributed by atoms with Crippen LogP contribution in [0.25, 0.3) is 10.4 Å².